The van der Waals surface area contributed by atoms with Crippen LogP contribution in [0, 0.1) is 16.7 Å². The number of nitrogens with zero attached hydrogens (tertiary/aromatic N) is 1. The summed E-state index contributed by atoms with van der Waals surface area (Å²) >= 11 is 0. The summed E-state index contributed by atoms with van der Waals surface area (Å²) in [5.74, 6) is 0.719. The van der Waals surface area contributed by atoms with Crippen molar-refractivity contribution in [1.29, 1.82) is 0 Å². The Bertz CT molecular complexity index is 331. The zero-order chi connectivity index (χ0) is 13.6. The molecule has 0 aliphatic heterocycles. The monoisotopic (exact) mass is 253 g/mol. The fourth-order valence-electron chi connectivity index (χ4n) is 4.21. The van der Waals surface area contributed by atoms with Crippen LogP contribution in [0.5, 0.6) is 0 Å². The van der Waals surface area contributed by atoms with Crippen molar-refractivity contribution in [1.82, 2.24) is 4.90 Å². The van der Waals surface area contributed by atoms with Gasteiger partial charge in [-0.15, -0.1) is 0 Å². The van der Waals surface area contributed by atoms with Gasteiger partial charge in [0, 0.05) is 23.9 Å². The van der Waals surface area contributed by atoms with Crippen LogP contribution in [-0.2, 0) is 4.74 Å². The largest absolute Gasteiger partial charge is 0.445 e. The number of rotatable bonds is 3. The van der Waals surface area contributed by atoms with Gasteiger partial charge in [0.05, 0.1) is 0 Å². The first kappa shape index (κ1) is 13.7. The zero-order valence-electron chi connectivity index (χ0n) is 12.5. The van der Waals surface area contributed by atoms with E-state index in [9.17, 15) is 4.79 Å². The van der Waals surface area contributed by atoms with Crippen LogP contribution in [0.25, 0.3) is 0 Å². The van der Waals surface area contributed by atoms with Crippen molar-refractivity contribution in [3.05, 3.63) is 0 Å². The van der Waals surface area contributed by atoms with Crippen LogP contribution in [-0.4, -0.2) is 30.2 Å². The van der Waals surface area contributed by atoms with Crippen LogP contribution in [0.3, 0.4) is 0 Å². The minimum Gasteiger partial charge on any atom is -0.445 e. The lowest BCUT2D eigenvalue weighted by Gasteiger charge is -2.42. The number of carbonyl (C=O) groups excluding carboxylic acids is 1. The van der Waals surface area contributed by atoms with Gasteiger partial charge in [-0.1, -0.05) is 20.8 Å². The molecule has 2 aliphatic carbocycles. The topological polar surface area (TPSA) is 29.5 Å². The molecular formula is C15H27NO2. The lowest BCUT2D eigenvalue weighted by Crippen LogP contribution is -2.46. The molecule has 104 valence electrons. The predicted octanol–water partition coefficient (Wildman–Crippen LogP) is 3.68. The SMILES string of the molecule is CCN(CC)C(=O)OC1C2(C)CCC(C2)C1(C)C. The lowest BCUT2D eigenvalue weighted by molar-refractivity contribution is -0.0566. The van der Waals surface area contributed by atoms with Crippen molar-refractivity contribution in [2.24, 2.45) is 16.7 Å². The van der Waals surface area contributed by atoms with Crippen LogP contribution in [0.2, 0.25) is 0 Å². The average Bonchev–Trinajstić information content (AvgIpc) is 2.77. The van der Waals surface area contributed by atoms with Gasteiger partial charge in [-0.2, -0.15) is 0 Å². The van der Waals surface area contributed by atoms with Gasteiger partial charge in [0.2, 0.25) is 0 Å². The van der Waals surface area contributed by atoms with Gasteiger partial charge in [-0.25, -0.2) is 4.79 Å². The second kappa shape index (κ2) is 4.43. The maximum Gasteiger partial charge on any atom is 0.410 e. The minimum absolute atomic E-state index is 0.0804. The van der Waals surface area contributed by atoms with Crippen LogP contribution in [0.4, 0.5) is 4.79 Å². The lowest BCUT2D eigenvalue weighted by atomic mass is 9.70. The van der Waals surface area contributed by atoms with Crippen LogP contribution in [0.1, 0.15) is 53.9 Å². The van der Waals surface area contributed by atoms with Crippen LogP contribution < -0.4 is 0 Å². The predicted molar refractivity (Wildman–Crippen MR) is 72.4 cm³/mol. The molecule has 0 heterocycles. The Morgan fingerprint density at radius 1 is 1.28 bits per heavy atom. The molecule has 2 saturated carbocycles. The van der Waals surface area contributed by atoms with Gasteiger partial charge in [-0.3, -0.25) is 0 Å². The summed E-state index contributed by atoms with van der Waals surface area (Å²) in [4.78, 5) is 13.9. The number of hydrogen-bond acceptors (Lipinski definition) is 2. The van der Waals surface area contributed by atoms with E-state index in [1.165, 1.54) is 19.3 Å². The molecule has 0 aromatic carbocycles. The number of fused-ring (bicyclic) bond motifs is 2. The van der Waals surface area contributed by atoms with Gasteiger partial charge in [0.25, 0.3) is 0 Å². The molecule has 3 atom stereocenters. The Hall–Kier alpha value is -0.730. The molecular weight excluding hydrogens is 226 g/mol. The summed E-state index contributed by atoms with van der Waals surface area (Å²) in [5, 5.41) is 0. The van der Waals surface area contributed by atoms with E-state index in [1.807, 2.05) is 13.8 Å². The molecule has 1 amide bonds. The second-order valence-electron chi connectivity index (χ2n) is 6.85. The summed E-state index contributed by atoms with van der Waals surface area (Å²) in [6.07, 6.45) is 3.67. The number of amides is 1. The van der Waals surface area contributed by atoms with E-state index in [4.69, 9.17) is 4.74 Å². The fourth-order valence-corrected chi connectivity index (χ4v) is 4.21. The normalized spacial score (nSPS) is 36.7. The highest BCUT2D eigenvalue weighted by atomic mass is 16.6. The highest BCUT2D eigenvalue weighted by Crippen LogP contribution is 2.63. The second-order valence-corrected chi connectivity index (χ2v) is 6.85. The van der Waals surface area contributed by atoms with E-state index < -0.39 is 0 Å². The standard InChI is InChI=1S/C15H27NO2/c1-6-16(7-2)13(17)18-12-14(3,4)11-8-9-15(12,5)10-11/h11-12H,6-10H2,1-5H3. The van der Waals surface area contributed by atoms with Crippen molar-refractivity contribution in [3.8, 4) is 0 Å². The molecule has 3 unspecified atom stereocenters. The van der Waals surface area contributed by atoms with Crippen molar-refractivity contribution in [2.45, 2.75) is 60.0 Å². The fraction of sp³-hybridized carbons (Fsp3) is 0.933. The first-order chi connectivity index (χ1) is 8.35. The Kier molecular flexibility index (Phi) is 3.37. The number of carbonyl (C=O) groups is 1. The molecule has 2 aliphatic rings. The van der Waals surface area contributed by atoms with E-state index in [0.717, 1.165) is 19.0 Å². The van der Waals surface area contributed by atoms with E-state index >= 15 is 0 Å². The van der Waals surface area contributed by atoms with Crippen LogP contribution >= 0.6 is 0 Å². The third kappa shape index (κ3) is 1.92. The van der Waals surface area contributed by atoms with Gasteiger partial charge >= 0.3 is 6.09 Å². The number of hydrogen-bond donors (Lipinski definition) is 0. The Labute approximate surface area is 111 Å². The zero-order valence-corrected chi connectivity index (χ0v) is 12.5. The molecule has 0 saturated heterocycles. The van der Waals surface area contributed by atoms with Gasteiger partial charge < -0.3 is 9.64 Å². The van der Waals surface area contributed by atoms with Crippen LogP contribution in [0.15, 0.2) is 0 Å². The smallest absolute Gasteiger partial charge is 0.410 e. The van der Waals surface area contributed by atoms with Gasteiger partial charge in [0.1, 0.15) is 6.10 Å². The van der Waals surface area contributed by atoms with Gasteiger partial charge in [-0.05, 0) is 39.0 Å². The Morgan fingerprint density at radius 2 is 1.89 bits per heavy atom. The molecule has 2 bridgehead atoms. The van der Waals surface area contributed by atoms with E-state index in [1.54, 1.807) is 4.90 Å². The summed E-state index contributed by atoms with van der Waals surface area (Å²) < 4.78 is 5.89. The average molecular weight is 253 g/mol. The summed E-state index contributed by atoms with van der Waals surface area (Å²) in [7, 11) is 0. The quantitative estimate of drug-likeness (QED) is 0.768. The van der Waals surface area contributed by atoms with Gasteiger partial charge in [0.15, 0.2) is 0 Å². The molecule has 0 aromatic rings. The maximum atomic E-state index is 12.2. The Balaban J connectivity index is 2.11. The van der Waals surface area contributed by atoms with E-state index in [-0.39, 0.29) is 23.0 Å². The van der Waals surface area contributed by atoms with Crippen molar-refractivity contribution < 1.29 is 9.53 Å². The Morgan fingerprint density at radius 3 is 2.33 bits per heavy atom. The molecule has 2 rings (SSSR count). The summed E-state index contributed by atoms with van der Waals surface area (Å²) in [6.45, 7) is 12.3. The molecule has 0 spiro atoms. The molecule has 0 aromatic heterocycles. The maximum absolute atomic E-state index is 12.2. The molecule has 2 fully saturated rings. The number of ether oxygens (including phenoxy) is 1. The summed E-state index contributed by atoms with van der Waals surface area (Å²) in [6, 6.07) is 0. The summed E-state index contributed by atoms with van der Waals surface area (Å²) in [5.41, 5.74) is 0.340. The molecule has 3 nitrogen and oxygen atoms in total. The first-order valence-electron chi connectivity index (χ1n) is 7.30. The third-order valence-corrected chi connectivity index (χ3v) is 5.38. The molecule has 18 heavy (non-hydrogen) atoms. The molecule has 3 heteroatoms. The van der Waals surface area contributed by atoms with Crippen molar-refractivity contribution in [3.63, 3.8) is 0 Å². The highest BCUT2D eigenvalue weighted by Gasteiger charge is 2.61. The minimum atomic E-state index is -0.133. The third-order valence-electron chi connectivity index (χ3n) is 5.38. The van der Waals surface area contributed by atoms with Crippen molar-refractivity contribution >= 4 is 6.09 Å². The highest BCUT2D eigenvalue weighted by molar-refractivity contribution is 5.68. The molecule has 0 radical (unpaired) electrons. The van der Waals surface area contributed by atoms with Crippen molar-refractivity contribution in [2.75, 3.05) is 13.1 Å². The van der Waals surface area contributed by atoms with E-state index in [0.29, 0.717) is 0 Å². The first-order valence-corrected chi connectivity index (χ1v) is 7.30. The van der Waals surface area contributed by atoms with E-state index in [2.05, 4.69) is 20.8 Å². The molecule has 0 N–H and O–H groups in total.